The molecular weight excluding hydrogens is 329 g/mol. The number of carboxylic acid groups (broad SMARTS) is 1. The van der Waals surface area contributed by atoms with Gasteiger partial charge in [-0.2, -0.15) is 0 Å². The van der Waals surface area contributed by atoms with Gasteiger partial charge < -0.3 is 9.90 Å². The Hall–Kier alpha value is -0.120. The van der Waals surface area contributed by atoms with Crippen molar-refractivity contribution in [3.63, 3.8) is 0 Å². The minimum Gasteiger partial charge on any atom is -0.545 e. The maximum atomic E-state index is 10.6. The molecule has 0 heterocycles. The van der Waals surface area contributed by atoms with Crippen LogP contribution >= 0.6 is 58.0 Å². The summed E-state index contributed by atoms with van der Waals surface area (Å²) in [6.07, 6.45) is 1.22. The summed E-state index contributed by atoms with van der Waals surface area (Å²) in [7, 11) is 0. The van der Waals surface area contributed by atoms with Crippen LogP contribution in [0.2, 0.25) is 25.1 Å². The molecule has 0 saturated heterocycles. The molecule has 0 unspecified atom stereocenters. The molecule has 7 heteroatoms. The quantitative estimate of drug-likeness (QED) is 0.464. The molecule has 0 aliphatic heterocycles. The van der Waals surface area contributed by atoms with Gasteiger partial charge in [0.2, 0.25) is 0 Å². The minimum atomic E-state index is -1.35. The van der Waals surface area contributed by atoms with Gasteiger partial charge in [0, 0.05) is 5.56 Å². The number of carboxylic acids is 1. The summed E-state index contributed by atoms with van der Waals surface area (Å²) in [5, 5.41) is 10.7. The average Bonchev–Trinajstić information content (AvgIpc) is 2.29. The van der Waals surface area contributed by atoms with Gasteiger partial charge in [-0.15, -0.1) is 0 Å². The zero-order chi connectivity index (χ0) is 13.3. The van der Waals surface area contributed by atoms with Crippen molar-refractivity contribution >= 4 is 70.1 Å². The summed E-state index contributed by atoms with van der Waals surface area (Å²) in [5.41, 5.74) is 0.123. The molecule has 92 valence electrons. The molecule has 2 nitrogen and oxygen atoms in total. The van der Waals surface area contributed by atoms with Gasteiger partial charge in [0.15, 0.2) is 0 Å². The van der Waals surface area contributed by atoms with Crippen LogP contribution < -0.4 is 5.11 Å². The van der Waals surface area contributed by atoms with Crippen molar-refractivity contribution in [1.82, 2.24) is 0 Å². The maximum absolute atomic E-state index is 10.6. The van der Waals surface area contributed by atoms with Gasteiger partial charge in [-0.05, 0) is 18.6 Å². The van der Waals surface area contributed by atoms with Crippen molar-refractivity contribution in [2.24, 2.45) is 0 Å². The Kier molecular flexibility index (Phi) is 4.99. The highest BCUT2D eigenvalue weighted by atomic mass is 35.5. The zero-order valence-electron chi connectivity index (χ0n) is 8.28. The first kappa shape index (κ1) is 14.9. The second-order valence-electron chi connectivity index (χ2n) is 3.10. The van der Waals surface area contributed by atoms with E-state index in [1.807, 2.05) is 0 Å². The van der Waals surface area contributed by atoms with Crippen LogP contribution in [0.4, 0.5) is 0 Å². The third-order valence-corrected chi connectivity index (χ3v) is 4.23. The van der Waals surface area contributed by atoms with Gasteiger partial charge in [-0.25, -0.2) is 0 Å². The molecule has 17 heavy (non-hydrogen) atoms. The normalized spacial score (nSPS) is 11.8. The lowest BCUT2D eigenvalue weighted by atomic mass is 10.1. The van der Waals surface area contributed by atoms with Crippen LogP contribution in [0.1, 0.15) is 12.5 Å². The third kappa shape index (κ3) is 3.01. The summed E-state index contributed by atoms with van der Waals surface area (Å²) in [6, 6.07) is 0. The van der Waals surface area contributed by atoms with E-state index in [0.29, 0.717) is 0 Å². The van der Waals surface area contributed by atoms with E-state index in [1.165, 1.54) is 13.0 Å². The predicted octanol–water partition coefficient (Wildman–Crippen LogP) is 4.11. The number of rotatable bonds is 2. The largest absolute Gasteiger partial charge is 0.545 e. The van der Waals surface area contributed by atoms with Crippen LogP contribution in [0.25, 0.3) is 6.08 Å². The summed E-state index contributed by atoms with van der Waals surface area (Å²) >= 11 is 29.2. The lowest BCUT2D eigenvalue weighted by molar-refractivity contribution is -0.299. The Labute approximate surface area is 123 Å². The first-order valence-electron chi connectivity index (χ1n) is 4.18. The van der Waals surface area contributed by atoms with E-state index >= 15 is 0 Å². The fourth-order valence-electron chi connectivity index (χ4n) is 1.02. The van der Waals surface area contributed by atoms with Crippen LogP contribution in [0.5, 0.6) is 0 Å². The van der Waals surface area contributed by atoms with Crippen LogP contribution in [0, 0.1) is 0 Å². The highest BCUT2D eigenvalue weighted by Crippen LogP contribution is 2.44. The molecule has 1 aromatic carbocycles. The first-order chi connectivity index (χ1) is 7.77. The molecule has 1 rings (SSSR count). The Morgan fingerprint density at radius 2 is 1.29 bits per heavy atom. The van der Waals surface area contributed by atoms with Gasteiger partial charge in [-0.3, -0.25) is 0 Å². The number of hydrogen-bond acceptors (Lipinski definition) is 2. The molecule has 1 aromatic rings. The second kappa shape index (κ2) is 5.68. The number of carbonyl (C=O) groups is 1. The molecule has 0 bridgehead atoms. The van der Waals surface area contributed by atoms with E-state index in [0.717, 1.165) is 0 Å². The van der Waals surface area contributed by atoms with E-state index in [1.54, 1.807) is 0 Å². The SMILES string of the molecule is C/C(=C\c1c(Cl)c(Cl)c(Cl)c(Cl)c1Cl)C(=O)[O-]. The number of aliphatic carboxylic acids is 1. The lowest BCUT2D eigenvalue weighted by Gasteiger charge is -2.10. The van der Waals surface area contributed by atoms with Crippen molar-refractivity contribution in [2.75, 3.05) is 0 Å². The zero-order valence-corrected chi connectivity index (χ0v) is 12.1. The first-order valence-corrected chi connectivity index (χ1v) is 6.07. The summed E-state index contributed by atoms with van der Waals surface area (Å²) < 4.78 is 0. The van der Waals surface area contributed by atoms with Crippen molar-refractivity contribution in [2.45, 2.75) is 6.92 Å². The molecule has 0 saturated carbocycles. The number of hydrogen-bond donors (Lipinski definition) is 0. The molecule has 0 spiro atoms. The average molecular weight is 333 g/mol. The molecule has 0 atom stereocenters. The molecule has 0 radical (unpaired) electrons. The van der Waals surface area contributed by atoms with Crippen LogP contribution in [-0.2, 0) is 4.79 Å². The molecule has 0 amide bonds. The Bertz CT molecular complexity index is 493. The Morgan fingerprint density at radius 3 is 1.65 bits per heavy atom. The third-order valence-electron chi connectivity index (χ3n) is 1.93. The van der Waals surface area contributed by atoms with Crippen molar-refractivity contribution in [3.8, 4) is 0 Å². The van der Waals surface area contributed by atoms with E-state index < -0.39 is 5.97 Å². The van der Waals surface area contributed by atoms with Crippen molar-refractivity contribution in [3.05, 3.63) is 36.2 Å². The predicted molar refractivity (Wildman–Crippen MR) is 70.2 cm³/mol. The van der Waals surface area contributed by atoms with E-state index in [9.17, 15) is 9.90 Å². The van der Waals surface area contributed by atoms with Crippen molar-refractivity contribution in [1.29, 1.82) is 0 Å². The van der Waals surface area contributed by atoms with Gasteiger partial charge in [0.25, 0.3) is 0 Å². The summed E-state index contributed by atoms with van der Waals surface area (Å²) in [5.74, 6) is -1.35. The van der Waals surface area contributed by atoms with Gasteiger partial charge >= 0.3 is 0 Å². The molecule has 0 N–H and O–H groups in total. The summed E-state index contributed by atoms with van der Waals surface area (Å²) in [4.78, 5) is 10.6. The molecule has 0 aliphatic carbocycles. The van der Waals surface area contributed by atoms with Gasteiger partial charge in [0.05, 0.1) is 31.1 Å². The topological polar surface area (TPSA) is 40.1 Å². The fourth-order valence-corrected chi connectivity index (χ4v) is 2.29. The Balaban J connectivity index is 3.56. The Morgan fingerprint density at radius 1 is 0.941 bits per heavy atom. The van der Waals surface area contributed by atoms with Crippen molar-refractivity contribution < 1.29 is 9.90 Å². The van der Waals surface area contributed by atoms with Crippen LogP contribution in [-0.4, -0.2) is 5.97 Å². The lowest BCUT2D eigenvalue weighted by Crippen LogP contribution is -2.22. The van der Waals surface area contributed by atoms with Crippen LogP contribution in [0.15, 0.2) is 5.57 Å². The standard InChI is InChI=1S/C10H5Cl5O2/c1-3(10(16)17)2-4-5(11)7(13)9(15)8(14)6(4)12/h2H,1H3,(H,16,17)/p-1/b3-2+. The smallest absolute Gasteiger partial charge is 0.0809 e. The molecular formula is C10H4Cl5O2-. The van der Waals surface area contributed by atoms with E-state index in [4.69, 9.17) is 58.0 Å². The fraction of sp³-hybridized carbons (Fsp3) is 0.100. The highest BCUT2D eigenvalue weighted by molar-refractivity contribution is 6.55. The number of benzene rings is 1. The monoisotopic (exact) mass is 331 g/mol. The minimum absolute atomic E-state index is 0.0140. The van der Waals surface area contributed by atoms with E-state index in [2.05, 4.69) is 0 Å². The highest BCUT2D eigenvalue weighted by Gasteiger charge is 2.17. The maximum Gasteiger partial charge on any atom is 0.0809 e. The van der Waals surface area contributed by atoms with Gasteiger partial charge in [-0.1, -0.05) is 58.0 Å². The second-order valence-corrected chi connectivity index (χ2v) is 4.99. The summed E-state index contributed by atoms with van der Waals surface area (Å²) in [6.45, 7) is 1.33. The molecule has 0 aromatic heterocycles. The number of halogens is 5. The number of carbonyl (C=O) groups excluding carboxylic acids is 1. The van der Waals surface area contributed by atoms with Gasteiger partial charge in [0.1, 0.15) is 0 Å². The molecule has 0 aliphatic rings. The van der Waals surface area contributed by atoms with Crippen LogP contribution in [0.3, 0.4) is 0 Å². The van der Waals surface area contributed by atoms with E-state index in [-0.39, 0.29) is 36.2 Å². The molecule has 0 fully saturated rings.